The van der Waals surface area contributed by atoms with Crippen molar-refractivity contribution in [1.82, 2.24) is 20.2 Å². The maximum atomic E-state index is 12.2. The van der Waals surface area contributed by atoms with Crippen LogP contribution in [0.15, 0.2) is 48.5 Å². The van der Waals surface area contributed by atoms with Crippen LogP contribution in [-0.2, 0) is 16.8 Å². The van der Waals surface area contributed by atoms with E-state index in [1.54, 1.807) is 12.1 Å². The molecule has 0 bridgehead atoms. The van der Waals surface area contributed by atoms with Crippen molar-refractivity contribution in [3.63, 3.8) is 0 Å². The number of rotatable bonds is 4. The molecule has 1 N–H and O–H groups in total. The molecule has 1 aromatic heterocycles. The van der Waals surface area contributed by atoms with Crippen LogP contribution in [0, 0.1) is 0 Å². The van der Waals surface area contributed by atoms with Crippen molar-refractivity contribution < 1.29 is 4.79 Å². The Labute approximate surface area is 157 Å². The molecule has 7 heteroatoms. The molecule has 0 spiro atoms. The van der Waals surface area contributed by atoms with Crippen molar-refractivity contribution in [2.75, 3.05) is 5.32 Å². The van der Waals surface area contributed by atoms with E-state index >= 15 is 0 Å². The van der Waals surface area contributed by atoms with E-state index in [0.29, 0.717) is 16.4 Å². The first-order valence-electron chi connectivity index (χ1n) is 8.26. The number of hydrogen-bond acceptors (Lipinski definition) is 4. The zero-order valence-electron chi connectivity index (χ0n) is 14.9. The first-order chi connectivity index (χ1) is 12.3. The lowest BCUT2D eigenvalue weighted by molar-refractivity contribution is -0.117. The highest BCUT2D eigenvalue weighted by molar-refractivity contribution is 6.33. The Morgan fingerprint density at radius 2 is 1.81 bits per heavy atom. The Morgan fingerprint density at radius 3 is 2.46 bits per heavy atom. The Balaban J connectivity index is 1.65. The predicted octanol–water partition coefficient (Wildman–Crippen LogP) is 3.93. The number of hydrogen-bond donors (Lipinski definition) is 1. The summed E-state index contributed by atoms with van der Waals surface area (Å²) in [5, 5.41) is 15.5. The highest BCUT2D eigenvalue weighted by Crippen LogP contribution is 2.24. The van der Waals surface area contributed by atoms with Crippen LogP contribution in [0.4, 0.5) is 5.69 Å². The fourth-order valence-electron chi connectivity index (χ4n) is 2.44. The molecule has 2 aromatic carbocycles. The zero-order valence-corrected chi connectivity index (χ0v) is 15.7. The van der Waals surface area contributed by atoms with Gasteiger partial charge in [-0.15, -0.1) is 10.2 Å². The van der Waals surface area contributed by atoms with Crippen LogP contribution in [-0.4, -0.2) is 26.1 Å². The second-order valence-electron chi connectivity index (χ2n) is 7.00. The number of carbonyl (C=O) groups excluding carboxylic acids is 1. The molecule has 1 amide bonds. The van der Waals surface area contributed by atoms with Gasteiger partial charge in [0.15, 0.2) is 0 Å². The van der Waals surface area contributed by atoms with Gasteiger partial charge in [0.1, 0.15) is 6.54 Å². The summed E-state index contributed by atoms with van der Waals surface area (Å²) in [5.74, 6) is 0.162. The predicted molar refractivity (Wildman–Crippen MR) is 102 cm³/mol. The summed E-state index contributed by atoms with van der Waals surface area (Å²) in [7, 11) is 0. The molecule has 0 fully saturated rings. The van der Waals surface area contributed by atoms with Gasteiger partial charge in [-0.1, -0.05) is 56.6 Å². The quantitative estimate of drug-likeness (QED) is 0.756. The van der Waals surface area contributed by atoms with E-state index in [4.69, 9.17) is 11.6 Å². The third-order valence-corrected chi connectivity index (χ3v) is 4.22. The number of aromatic nitrogens is 4. The first-order valence-corrected chi connectivity index (χ1v) is 8.64. The fourth-order valence-corrected chi connectivity index (χ4v) is 2.66. The zero-order chi connectivity index (χ0) is 18.7. The number of amides is 1. The maximum absolute atomic E-state index is 12.2. The van der Waals surface area contributed by atoms with Crippen LogP contribution in [0.25, 0.3) is 11.4 Å². The Bertz CT molecular complexity index is 912. The van der Waals surface area contributed by atoms with Gasteiger partial charge in [-0.2, -0.15) is 4.80 Å². The molecule has 0 radical (unpaired) electrons. The summed E-state index contributed by atoms with van der Waals surface area (Å²) < 4.78 is 0. The molecule has 6 nitrogen and oxygen atoms in total. The lowest BCUT2D eigenvalue weighted by Crippen LogP contribution is -2.20. The highest BCUT2D eigenvalue weighted by atomic mass is 35.5. The molecule has 1 heterocycles. The van der Waals surface area contributed by atoms with Gasteiger partial charge < -0.3 is 5.32 Å². The van der Waals surface area contributed by atoms with Gasteiger partial charge in [-0.3, -0.25) is 4.79 Å². The maximum Gasteiger partial charge on any atom is 0.248 e. The van der Waals surface area contributed by atoms with Gasteiger partial charge in [-0.05, 0) is 40.5 Å². The van der Waals surface area contributed by atoms with E-state index in [2.05, 4.69) is 41.5 Å². The van der Waals surface area contributed by atoms with Gasteiger partial charge >= 0.3 is 0 Å². The molecule has 0 aliphatic rings. The lowest BCUT2D eigenvalue weighted by atomic mass is 9.87. The van der Waals surface area contributed by atoms with Crippen LogP contribution in [0.3, 0.4) is 0 Å². The summed E-state index contributed by atoms with van der Waals surface area (Å²) in [6.07, 6.45) is 0. The van der Waals surface area contributed by atoms with Gasteiger partial charge in [0.05, 0.1) is 5.02 Å². The largest absolute Gasteiger partial charge is 0.324 e. The number of benzene rings is 2. The van der Waals surface area contributed by atoms with Gasteiger partial charge in [0.2, 0.25) is 11.7 Å². The van der Waals surface area contributed by atoms with Crippen LogP contribution in [0.1, 0.15) is 26.3 Å². The van der Waals surface area contributed by atoms with Crippen molar-refractivity contribution in [2.24, 2.45) is 0 Å². The van der Waals surface area contributed by atoms with Crippen LogP contribution in [0.5, 0.6) is 0 Å². The van der Waals surface area contributed by atoms with Crippen LogP contribution >= 0.6 is 11.6 Å². The molecule has 26 heavy (non-hydrogen) atoms. The molecule has 0 atom stereocenters. The number of tetrazole rings is 1. The summed E-state index contributed by atoms with van der Waals surface area (Å²) in [6.45, 7) is 6.41. The molecular weight excluding hydrogens is 350 g/mol. The summed E-state index contributed by atoms with van der Waals surface area (Å²) >= 11 is 6.13. The van der Waals surface area contributed by atoms with E-state index in [1.807, 2.05) is 36.4 Å². The summed E-state index contributed by atoms with van der Waals surface area (Å²) in [6, 6.07) is 15.0. The standard InChI is InChI=1S/C19H20ClN5O/c1-19(2,3)13-8-10-14(11-9-13)21-17(26)12-25-23-18(22-24-25)15-6-4-5-7-16(15)20/h4-11H,12H2,1-3H3,(H,21,26). The van der Waals surface area contributed by atoms with E-state index in [1.165, 1.54) is 10.4 Å². The highest BCUT2D eigenvalue weighted by Gasteiger charge is 2.14. The van der Waals surface area contributed by atoms with Crippen molar-refractivity contribution in [3.05, 3.63) is 59.1 Å². The number of nitrogens with zero attached hydrogens (tertiary/aromatic N) is 4. The lowest BCUT2D eigenvalue weighted by Gasteiger charge is -2.19. The first kappa shape index (κ1) is 18.1. The number of halogens is 1. The molecule has 134 valence electrons. The minimum absolute atomic E-state index is 0.0293. The number of nitrogens with one attached hydrogen (secondary N) is 1. The second-order valence-corrected chi connectivity index (χ2v) is 7.41. The van der Waals surface area contributed by atoms with E-state index in [0.717, 1.165) is 5.69 Å². The molecule has 3 rings (SSSR count). The SMILES string of the molecule is CC(C)(C)c1ccc(NC(=O)Cn2nnc(-c3ccccc3Cl)n2)cc1. The van der Waals surface area contributed by atoms with Crippen molar-refractivity contribution in [2.45, 2.75) is 32.7 Å². The van der Waals surface area contributed by atoms with Gasteiger partial charge in [0.25, 0.3) is 0 Å². The molecule has 0 saturated heterocycles. The van der Waals surface area contributed by atoms with Gasteiger partial charge in [-0.25, -0.2) is 0 Å². The third kappa shape index (κ3) is 4.26. The summed E-state index contributed by atoms with van der Waals surface area (Å²) in [4.78, 5) is 13.5. The molecular formula is C19H20ClN5O. The smallest absolute Gasteiger partial charge is 0.248 e. The molecule has 0 saturated carbocycles. The van der Waals surface area contributed by atoms with Gasteiger partial charge in [0, 0.05) is 11.3 Å². The van der Waals surface area contributed by atoms with Crippen LogP contribution < -0.4 is 5.32 Å². The molecule has 0 aliphatic carbocycles. The Morgan fingerprint density at radius 1 is 1.12 bits per heavy atom. The molecule has 0 aliphatic heterocycles. The normalized spacial score (nSPS) is 11.4. The molecule has 3 aromatic rings. The minimum atomic E-state index is -0.225. The minimum Gasteiger partial charge on any atom is -0.324 e. The van der Waals surface area contributed by atoms with Crippen molar-refractivity contribution in [3.8, 4) is 11.4 Å². The van der Waals surface area contributed by atoms with E-state index < -0.39 is 0 Å². The Hall–Kier alpha value is -2.73. The average Bonchev–Trinajstić information content (AvgIpc) is 3.03. The number of carbonyl (C=O) groups is 1. The van der Waals surface area contributed by atoms with Crippen molar-refractivity contribution >= 4 is 23.2 Å². The van der Waals surface area contributed by atoms with E-state index in [-0.39, 0.29) is 17.9 Å². The fraction of sp³-hybridized carbons (Fsp3) is 0.263. The Kier molecular flexibility index (Phi) is 5.04. The number of anilines is 1. The topological polar surface area (TPSA) is 72.7 Å². The van der Waals surface area contributed by atoms with E-state index in [9.17, 15) is 4.79 Å². The average molecular weight is 370 g/mol. The summed E-state index contributed by atoms with van der Waals surface area (Å²) in [5.41, 5.74) is 2.69. The third-order valence-electron chi connectivity index (χ3n) is 3.89. The monoisotopic (exact) mass is 369 g/mol. The van der Waals surface area contributed by atoms with Crippen molar-refractivity contribution in [1.29, 1.82) is 0 Å². The molecule has 0 unspecified atom stereocenters. The van der Waals surface area contributed by atoms with Crippen LogP contribution in [0.2, 0.25) is 5.02 Å². The second kappa shape index (κ2) is 7.25.